The standard InChI is InChI=1S/C24H31NO5/c1-2-3-6-17-13-23(27)30-21-14-19(8-9-20(17)21)29-16-22(26)25-12-11-24(28)10-5-4-7-18(24)15-25/h8-9,13-14,18,28H,2-7,10-12,15-16H2,1H3/t18-,24+/m0/s1. The highest BCUT2D eigenvalue weighted by Gasteiger charge is 2.43. The monoisotopic (exact) mass is 413 g/mol. The second kappa shape index (κ2) is 8.80. The lowest BCUT2D eigenvalue weighted by molar-refractivity contribution is -0.145. The molecule has 1 saturated heterocycles. The number of carbonyl (C=O) groups is 1. The number of ether oxygens (including phenoxy) is 1. The zero-order chi connectivity index (χ0) is 21.1. The minimum absolute atomic E-state index is 0.0591. The number of aliphatic hydroxyl groups is 1. The van der Waals surface area contributed by atoms with Crippen molar-refractivity contribution in [2.45, 2.75) is 63.9 Å². The molecule has 6 nitrogen and oxygen atoms in total. The van der Waals surface area contributed by atoms with E-state index in [1.807, 2.05) is 17.0 Å². The molecule has 162 valence electrons. The van der Waals surface area contributed by atoms with Gasteiger partial charge < -0.3 is 19.2 Å². The lowest BCUT2D eigenvalue weighted by atomic mass is 9.71. The summed E-state index contributed by atoms with van der Waals surface area (Å²) < 4.78 is 11.1. The van der Waals surface area contributed by atoms with Crippen LogP contribution in [0.3, 0.4) is 0 Å². The molecule has 2 aliphatic rings. The van der Waals surface area contributed by atoms with E-state index in [0.29, 0.717) is 30.8 Å². The molecular formula is C24H31NO5. The molecule has 0 unspecified atom stereocenters. The van der Waals surface area contributed by atoms with Gasteiger partial charge in [0.2, 0.25) is 0 Å². The van der Waals surface area contributed by atoms with Gasteiger partial charge in [0, 0.05) is 36.5 Å². The lowest BCUT2D eigenvalue weighted by Crippen LogP contribution is -2.55. The molecule has 2 atom stereocenters. The van der Waals surface area contributed by atoms with Crippen molar-refractivity contribution < 1.29 is 19.1 Å². The average Bonchev–Trinajstić information content (AvgIpc) is 2.74. The maximum Gasteiger partial charge on any atom is 0.336 e. The predicted octanol–water partition coefficient (Wildman–Crippen LogP) is 3.67. The van der Waals surface area contributed by atoms with Crippen LogP contribution in [0.15, 0.2) is 33.5 Å². The van der Waals surface area contributed by atoms with Crippen LogP contribution in [0.2, 0.25) is 0 Å². The van der Waals surface area contributed by atoms with Gasteiger partial charge in [-0.3, -0.25) is 4.79 Å². The predicted molar refractivity (Wildman–Crippen MR) is 115 cm³/mol. The van der Waals surface area contributed by atoms with Crippen LogP contribution in [0.5, 0.6) is 5.75 Å². The average molecular weight is 414 g/mol. The van der Waals surface area contributed by atoms with E-state index in [0.717, 1.165) is 55.9 Å². The summed E-state index contributed by atoms with van der Waals surface area (Å²) in [6, 6.07) is 6.97. The quantitative estimate of drug-likeness (QED) is 0.731. The Kier molecular flexibility index (Phi) is 6.14. The molecule has 1 aromatic heterocycles. The van der Waals surface area contributed by atoms with Gasteiger partial charge in [-0.05, 0) is 49.8 Å². The molecule has 1 N–H and O–H groups in total. The molecule has 0 radical (unpaired) electrons. The molecule has 4 rings (SSSR count). The number of rotatable bonds is 6. The van der Waals surface area contributed by atoms with Crippen LogP contribution in [-0.2, 0) is 11.2 Å². The first-order valence-corrected chi connectivity index (χ1v) is 11.2. The summed E-state index contributed by atoms with van der Waals surface area (Å²) in [4.78, 5) is 26.4. The van der Waals surface area contributed by atoms with E-state index in [1.54, 1.807) is 12.1 Å². The molecule has 1 aromatic carbocycles. The zero-order valence-electron chi connectivity index (χ0n) is 17.7. The largest absolute Gasteiger partial charge is 0.484 e. The Hall–Kier alpha value is -2.34. The minimum atomic E-state index is -0.596. The van der Waals surface area contributed by atoms with E-state index in [-0.39, 0.29) is 24.1 Å². The van der Waals surface area contributed by atoms with Crippen molar-refractivity contribution in [3.8, 4) is 5.75 Å². The number of fused-ring (bicyclic) bond motifs is 2. The molecule has 2 aromatic rings. The minimum Gasteiger partial charge on any atom is -0.484 e. The smallest absolute Gasteiger partial charge is 0.336 e. The Morgan fingerprint density at radius 3 is 3.00 bits per heavy atom. The SMILES string of the molecule is CCCCc1cc(=O)oc2cc(OCC(=O)N3CC[C@]4(O)CCCC[C@H]4C3)ccc12. The van der Waals surface area contributed by atoms with Crippen molar-refractivity contribution >= 4 is 16.9 Å². The molecule has 1 aliphatic heterocycles. The Morgan fingerprint density at radius 2 is 2.17 bits per heavy atom. The summed E-state index contributed by atoms with van der Waals surface area (Å²) in [5.74, 6) is 0.610. The van der Waals surface area contributed by atoms with Gasteiger partial charge >= 0.3 is 5.63 Å². The van der Waals surface area contributed by atoms with E-state index in [4.69, 9.17) is 9.15 Å². The van der Waals surface area contributed by atoms with Gasteiger partial charge in [0.25, 0.3) is 5.91 Å². The lowest BCUT2D eigenvalue weighted by Gasteiger charge is -2.47. The fraction of sp³-hybridized carbons (Fsp3) is 0.583. The van der Waals surface area contributed by atoms with E-state index in [2.05, 4.69) is 6.92 Å². The summed E-state index contributed by atoms with van der Waals surface area (Å²) in [5, 5.41) is 11.7. The summed E-state index contributed by atoms with van der Waals surface area (Å²) in [6.07, 6.45) is 7.56. The summed E-state index contributed by atoms with van der Waals surface area (Å²) >= 11 is 0. The third-order valence-corrected chi connectivity index (χ3v) is 6.74. The highest BCUT2D eigenvalue weighted by Crippen LogP contribution is 2.39. The molecule has 1 aliphatic carbocycles. The van der Waals surface area contributed by atoms with Crippen LogP contribution < -0.4 is 10.4 Å². The number of hydrogen-bond donors (Lipinski definition) is 1. The van der Waals surface area contributed by atoms with Gasteiger partial charge in [0.1, 0.15) is 11.3 Å². The van der Waals surface area contributed by atoms with Crippen molar-refractivity contribution in [1.29, 1.82) is 0 Å². The summed E-state index contributed by atoms with van der Waals surface area (Å²) in [7, 11) is 0. The molecular weight excluding hydrogens is 382 g/mol. The van der Waals surface area contributed by atoms with Gasteiger partial charge in [0.15, 0.2) is 6.61 Å². The number of benzene rings is 1. The molecule has 0 bridgehead atoms. The fourth-order valence-electron chi connectivity index (χ4n) is 4.91. The number of hydrogen-bond acceptors (Lipinski definition) is 5. The molecule has 6 heteroatoms. The number of amides is 1. The Morgan fingerprint density at radius 1 is 1.30 bits per heavy atom. The van der Waals surface area contributed by atoms with Crippen LogP contribution in [0.25, 0.3) is 11.0 Å². The van der Waals surface area contributed by atoms with Gasteiger partial charge in [-0.25, -0.2) is 4.79 Å². The highest BCUT2D eigenvalue weighted by molar-refractivity contribution is 5.82. The third-order valence-electron chi connectivity index (χ3n) is 6.74. The van der Waals surface area contributed by atoms with Crippen molar-refractivity contribution in [3.05, 3.63) is 40.2 Å². The van der Waals surface area contributed by atoms with Gasteiger partial charge in [-0.1, -0.05) is 26.2 Å². The molecule has 1 amide bonds. The molecule has 2 fully saturated rings. The molecule has 1 saturated carbocycles. The molecule has 30 heavy (non-hydrogen) atoms. The molecule has 0 spiro atoms. The second-order valence-corrected chi connectivity index (χ2v) is 8.78. The maximum absolute atomic E-state index is 12.7. The number of carbonyl (C=O) groups excluding carboxylic acids is 1. The Balaban J connectivity index is 1.41. The first kappa shape index (κ1) is 20.9. The first-order valence-electron chi connectivity index (χ1n) is 11.2. The van der Waals surface area contributed by atoms with Crippen LogP contribution >= 0.6 is 0 Å². The fourth-order valence-corrected chi connectivity index (χ4v) is 4.91. The number of unbranched alkanes of at least 4 members (excludes halogenated alkanes) is 1. The maximum atomic E-state index is 12.7. The van der Waals surface area contributed by atoms with Crippen molar-refractivity contribution in [2.24, 2.45) is 5.92 Å². The van der Waals surface area contributed by atoms with Gasteiger partial charge in [-0.2, -0.15) is 0 Å². The van der Waals surface area contributed by atoms with Gasteiger partial charge in [-0.15, -0.1) is 0 Å². The topological polar surface area (TPSA) is 80.0 Å². The van der Waals surface area contributed by atoms with E-state index >= 15 is 0 Å². The normalized spacial score (nSPS) is 23.9. The zero-order valence-corrected chi connectivity index (χ0v) is 17.7. The van der Waals surface area contributed by atoms with Crippen LogP contribution in [-0.4, -0.2) is 41.2 Å². The molecule has 2 heterocycles. The number of aryl methyl sites for hydroxylation is 1. The number of piperidine rings is 1. The van der Waals surface area contributed by atoms with Crippen molar-refractivity contribution in [3.63, 3.8) is 0 Å². The Labute approximate surface area is 176 Å². The van der Waals surface area contributed by atoms with Gasteiger partial charge in [0.05, 0.1) is 5.60 Å². The highest BCUT2D eigenvalue weighted by atomic mass is 16.5. The van der Waals surface area contributed by atoms with E-state index < -0.39 is 5.60 Å². The van der Waals surface area contributed by atoms with E-state index in [1.165, 1.54) is 0 Å². The van der Waals surface area contributed by atoms with Crippen molar-refractivity contribution in [2.75, 3.05) is 19.7 Å². The van der Waals surface area contributed by atoms with E-state index in [9.17, 15) is 14.7 Å². The summed E-state index contributed by atoms with van der Waals surface area (Å²) in [6.45, 7) is 3.23. The van der Waals surface area contributed by atoms with Crippen LogP contribution in [0, 0.1) is 5.92 Å². The summed E-state index contributed by atoms with van der Waals surface area (Å²) in [5.41, 5.74) is 0.513. The Bertz CT molecular complexity index is 968. The number of likely N-dealkylation sites (tertiary alicyclic amines) is 1. The van der Waals surface area contributed by atoms with Crippen LogP contribution in [0.4, 0.5) is 0 Å². The second-order valence-electron chi connectivity index (χ2n) is 8.78. The van der Waals surface area contributed by atoms with Crippen molar-refractivity contribution in [1.82, 2.24) is 4.90 Å². The van der Waals surface area contributed by atoms with Crippen LogP contribution in [0.1, 0.15) is 57.4 Å². The first-order chi connectivity index (χ1) is 14.5. The number of nitrogens with zero attached hydrogens (tertiary/aromatic N) is 1. The third kappa shape index (κ3) is 4.38.